The van der Waals surface area contributed by atoms with Gasteiger partial charge in [0.25, 0.3) is 5.91 Å². The molecule has 0 aliphatic carbocycles. The highest BCUT2D eigenvalue weighted by atomic mass is 35.5. The first-order valence-corrected chi connectivity index (χ1v) is 8.88. The number of methoxy groups -OCH3 is 1. The molecule has 0 saturated carbocycles. The number of amides is 2. The lowest BCUT2D eigenvalue weighted by Crippen LogP contribution is -2.32. The number of halogens is 1. The monoisotopic (exact) mass is 390 g/mol. The van der Waals surface area contributed by atoms with Crippen molar-refractivity contribution in [3.8, 4) is 16.9 Å². The van der Waals surface area contributed by atoms with Crippen molar-refractivity contribution in [2.24, 2.45) is 5.73 Å². The van der Waals surface area contributed by atoms with Gasteiger partial charge in [0.15, 0.2) is 0 Å². The van der Waals surface area contributed by atoms with E-state index in [0.29, 0.717) is 24.2 Å². The molecule has 2 rings (SSSR count). The van der Waals surface area contributed by atoms with Gasteiger partial charge in [-0.2, -0.15) is 0 Å². The fraction of sp³-hybridized carbons (Fsp3) is 0.333. The lowest BCUT2D eigenvalue weighted by atomic mass is 9.98. The molecule has 2 amide bonds. The maximum atomic E-state index is 12.9. The predicted molar refractivity (Wildman–Crippen MR) is 111 cm³/mol. The second-order valence-corrected chi connectivity index (χ2v) is 6.18. The summed E-state index contributed by atoms with van der Waals surface area (Å²) in [7, 11) is 1.61. The molecular formula is C21H27ClN2O3. The molecule has 0 aromatic heterocycles. The molecule has 0 fully saturated rings. The third-order valence-electron chi connectivity index (χ3n) is 4.16. The summed E-state index contributed by atoms with van der Waals surface area (Å²) < 4.78 is 5.18. The van der Waals surface area contributed by atoms with Crippen molar-refractivity contribution in [1.82, 2.24) is 4.90 Å². The smallest absolute Gasteiger partial charge is 0.253 e. The highest BCUT2D eigenvalue weighted by Crippen LogP contribution is 2.25. The first-order chi connectivity index (χ1) is 12.5. The number of nitrogens with two attached hydrogens (primary N) is 1. The van der Waals surface area contributed by atoms with Crippen LogP contribution in [0.25, 0.3) is 11.1 Å². The maximum absolute atomic E-state index is 12.9. The molecule has 2 aromatic rings. The molecule has 0 heterocycles. The van der Waals surface area contributed by atoms with Gasteiger partial charge in [-0.25, -0.2) is 0 Å². The molecule has 6 heteroatoms. The first kappa shape index (κ1) is 22.5. The van der Waals surface area contributed by atoms with Gasteiger partial charge >= 0.3 is 0 Å². The first-order valence-electron chi connectivity index (χ1n) is 8.88. The molecule has 2 aromatic carbocycles. The van der Waals surface area contributed by atoms with Gasteiger partial charge in [-0.3, -0.25) is 9.59 Å². The topological polar surface area (TPSA) is 72.6 Å². The van der Waals surface area contributed by atoms with Crippen LogP contribution in [0.1, 0.15) is 47.4 Å². The molecule has 0 bridgehead atoms. The Labute approximate surface area is 166 Å². The molecule has 27 heavy (non-hydrogen) atoms. The number of hydrogen-bond donors (Lipinski definition) is 1. The van der Waals surface area contributed by atoms with E-state index in [1.165, 1.54) is 0 Å². The van der Waals surface area contributed by atoms with Crippen LogP contribution in [0.15, 0.2) is 42.5 Å². The van der Waals surface area contributed by atoms with Gasteiger partial charge in [0.05, 0.1) is 7.11 Å². The van der Waals surface area contributed by atoms with Crippen molar-refractivity contribution in [3.05, 3.63) is 53.6 Å². The number of nitrogens with zero attached hydrogens (tertiary/aromatic N) is 1. The summed E-state index contributed by atoms with van der Waals surface area (Å²) in [5.74, 6) is 0.117. The van der Waals surface area contributed by atoms with E-state index < -0.39 is 5.91 Å². The van der Waals surface area contributed by atoms with Crippen LogP contribution in [0.2, 0.25) is 0 Å². The number of primary amides is 1. The molecule has 0 spiro atoms. The number of carbonyl (C=O) groups excluding carboxylic acids is 2. The molecule has 5 nitrogen and oxygen atoms in total. The van der Waals surface area contributed by atoms with Crippen molar-refractivity contribution >= 4 is 24.2 Å². The Morgan fingerprint density at radius 3 is 1.96 bits per heavy atom. The SMILES string of the molecule is CCCN(CCC)C(=O)c1cc(C(N)=O)cc(-c2ccc(OC)cc2)c1.Cl. The summed E-state index contributed by atoms with van der Waals surface area (Å²) in [4.78, 5) is 26.5. The van der Waals surface area contributed by atoms with Crippen LogP contribution in [0.3, 0.4) is 0 Å². The number of carbonyl (C=O) groups is 2. The number of benzene rings is 2. The predicted octanol–water partition coefficient (Wildman–Crippen LogP) is 4.15. The van der Waals surface area contributed by atoms with Crippen LogP contribution in [0, 0.1) is 0 Å². The molecular weight excluding hydrogens is 364 g/mol. The van der Waals surface area contributed by atoms with Crippen molar-refractivity contribution in [3.63, 3.8) is 0 Å². The standard InChI is InChI=1S/C21H26N2O3.ClH/c1-4-10-23(11-5-2)21(25)18-13-16(12-17(14-18)20(22)24)15-6-8-19(26-3)9-7-15;/h6-9,12-14H,4-5,10-11H2,1-3H3,(H2,22,24);1H. The minimum Gasteiger partial charge on any atom is -0.497 e. The average Bonchev–Trinajstić information content (AvgIpc) is 2.67. The fourth-order valence-corrected chi connectivity index (χ4v) is 2.88. The zero-order valence-corrected chi connectivity index (χ0v) is 16.8. The van der Waals surface area contributed by atoms with E-state index in [0.717, 1.165) is 29.7 Å². The van der Waals surface area contributed by atoms with Crippen LogP contribution in [0.4, 0.5) is 0 Å². The summed E-state index contributed by atoms with van der Waals surface area (Å²) in [6, 6.07) is 12.6. The molecule has 0 aliphatic rings. The largest absolute Gasteiger partial charge is 0.497 e. The van der Waals surface area contributed by atoms with Crippen molar-refractivity contribution < 1.29 is 14.3 Å². The van der Waals surface area contributed by atoms with Crippen LogP contribution in [0.5, 0.6) is 5.75 Å². The van der Waals surface area contributed by atoms with Gasteiger partial charge in [-0.05, 0) is 54.3 Å². The number of hydrogen-bond acceptors (Lipinski definition) is 3. The van der Waals surface area contributed by atoms with Crippen molar-refractivity contribution in [2.45, 2.75) is 26.7 Å². The molecule has 0 unspecified atom stereocenters. The van der Waals surface area contributed by atoms with Gasteiger partial charge in [-0.1, -0.05) is 26.0 Å². The minimum absolute atomic E-state index is 0. The molecule has 146 valence electrons. The Bertz CT molecular complexity index is 769. The van der Waals surface area contributed by atoms with E-state index in [2.05, 4.69) is 0 Å². The van der Waals surface area contributed by atoms with Crippen LogP contribution in [-0.4, -0.2) is 36.9 Å². The second kappa shape index (κ2) is 10.6. The lowest BCUT2D eigenvalue weighted by molar-refractivity contribution is 0.0755. The Morgan fingerprint density at radius 1 is 0.926 bits per heavy atom. The summed E-state index contributed by atoms with van der Waals surface area (Å²) in [5.41, 5.74) is 7.96. The summed E-state index contributed by atoms with van der Waals surface area (Å²) >= 11 is 0. The fourth-order valence-electron chi connectivity index (χ4n) is 2.88. The average molecular weight is 391 g/mol. The van der Waals surface area contributed by atoms with E-state index >= 15 is 0 Å². The van der Waals surface area contributed by atoms with Gasteiger partial charge in [0.1, 0.15) is 5.75 Å². The number of rotatable bonds is 8. The van der Waals surface area contributed by atoms with Gasteiger partial charge in [0.2, 0.25) is 5.91 Å². The molecule has 0 radical (unpaired) electrons. The normalized spacial score (nSPS) is 10.0. The molecule has 0 atom stereocenters. The summed E-state index contributed by atoms with van der Waals surface area (Å²) in [6.45, 7) is 5.45. The lowest BCUT2D eigenvalue weighted by Gasteiger charge is -2.22. The summed E-state index contributed by atoms with van der Waals surface area (Å²) in [6.07, 6.45) is 1.76. The third kappa shape index (κ3) is 5.73. The molecule has 0 aliphatic heterocycles. The van der Waals surface area contributed by atoms with E-state index in [9.17, 15) is 9.59 Å². The van der Waals surface area contributed by atoms with Crippen molar-refractivity contribution in [1.29, 1.82) is 0 Å². The van der Waals surface area contributed by atoms with E-state index in [-0.39, 0.29) is 18.3 Å². The molecule has 2 N–H and O–H groups in total. The van der Waals surface area contributed by atoms with Crippen molar-refractivity contribution in [2.75, 3.05) is 20.2 Å². The van der Waals surface area contributed by atoms with Crippen LogP contribution in [-0.2, 0) is 0 Å². The maximum Gasteiger partial charge on any atom is 0.253 e. The Balaban J connectivity index is 0.00000364. The van der Waals surface area contributed by atoms with E-state index in [4.69, 9.17) is 10.5 Å². The van der Waals surface area contributed by atoms with Gasteiger partial charge < -0.3 is 15.4 Å². The molecule has 0 saturated heterocycles. The van der Waals surface area contributed by atoms with E-state index in [1.54, 1.807) is 19.2 Å². The summed E-state index contributed by atoms with van der Waals surface area (Å²) in [5, 5.41) is 0. The quantitative estimate of drug-likeness (QED) is 0.736. The Morgan fingerprint density at radius 2 is 1.48 bits per heavy atom. The van der Waals surface area contributed by atoms with Crippen LogP contribution < -0.4 is 10.5 Å². The van der Waals surface area contributed by atoms with Gasteiger partial charge in [0, 0.05) is 24.2 Å². The van der Waals surface area contributed by atoms with E-state index in [1.807, 2.05) is 49.1 Å². The zero-order chi connectivity index (χ0) is 19.1. The Hall–Kier alpha value is -2.53. The van der Waals surface area contributed by atoms with Crippen LogP contribution >= 0.6 is 12.4 Å². The Kier molecular flexibility index (Phi) is 8.82. The number of ether oxygens (including phenoxy) is 1. The third-order valence-corrected chi connectivity index (χ3v) is 4.16. The minimum atomic E-state index is -0.549. The highest BCUT2D eigenvalue weighted by Gasteiger charge is 2.17. The zero-order valence-electron chi connectivity index (χ0n) is 16.0. The van der Waals surface area contributed by atoms with Gasteiger partial charge in [-0.15, -0.1) is 12.4 Å². The highest BCUT2D eigenvalue weighted by molar-refractivity contribution is 6.01. The second-order valence-electron chi connectivity index (χ2n) is 6.18.